The van der Waals surface area contributed by atoms with Crippen LogP contribution in [0.5, 0.6) is 0 Å². The molecule has 0 aromatic rings. The fraction of sp³-hybridized carbons (Fsp3) is 0.722. The number of piperazine rings is 1. The number of carbonyl (C=O) groups excluding carboxylic acids is 1. The van der Waals surface area contributed by atoms with Gasteiger partial charge in [0.1, 0.15) is 5.60 Å². The highest BCUT2D eigenvalue weighted by Gasteiger charge is 2.50. The van der Waals surface area contributed by atoms with Gasteiger partial charge in [0, 0.05) is 25.2 Å². The van der Waals surface area contributed by atoms with Gasteiger partial charge in [-0.25, -0.2) is 4.79 Å². The Kier molecular flexibility index (Phi) is 5.00. The van der Waals surface area contributed by atoms with Crippen LogP contribution in [0.3, 0.4) is 0 Å². The molecule has 2 fully saturated rings. The van der Waals surface area contributed by atoms with Crippen LogP contribution in [0.1, 0.15) is 40.5 Å². The normalized spacial score (nSPS) is 30.0. The van der Waals surface area contributed by atoms with Crippen molar-refractivity contribution in [2.24, 2.45) is 5.92 Å². The van der Waals surface area contributed by atoms with Crippen molar-refractivity contribution in [3.63, 3.8) is 0 Å². The highest BCUT2D eigenvalue weighted by atomic mass is 16.6. The highest BCUT2D eigenvalue weighted by molar-refractivity contribution is 5.70. The minimum absolute atomic E-state index is 0.167. The molecule has 1 amide bonds. The Morgan fingerprint density at radius 3 is 2.59 bits per heavy atom. The van der Waals surface area contributed by atoms with Crippen LogP contribution in [0.2, 0.25) is 0 Å². The second kappa shape index (κ2) is 6.45. The number of rotatable bonds is 4. The molecule has 2 heterocycles. The standard InChI is InChI=1S/C18H30N2O2/c1-7-11-19-12-14-9-10-15(16(19)13(3)8-2)20(14)17(21)22-18(4,5)6/h7-8,13-16H,1-2,9-12H2,3-6H3/t13-,14+,15-,16-/m0/s1. The smallest absolute Gasteiger partial charge is 0.410 e. The van der Waals surface area contributed by atoms with Crippen LogP contribution in [0.4, 0.5) is 4.79 Å². The number of likely N-dealkylation sites (tertiary alicyclic amines) is 1. The monoisotopic (exact) mass is 306 g/mol. The lowest BCUT2D eigenvalue weighted by atomic mass is 9.91. The van der Waals surface area contributed by atoms with Crippen molar-refractivity contribution in [1.29, 1.82) is 0 Å². The van der Waals surface area contributed by atoms with Crippen LogP contribution in [-0.2, 0) is 4.74 Å². The summed E-state index contributed by atoms with van der Waals surface area (Å²) in [5, 5.41) is 0. The minimum Gasteiger partial charge on any atom is -0.444 e. The van der Waals surface area contributed by atoms with E-state index in [-0.39, 0.29) is 18.2 Å². The number of nitrogens with zero attached hydrogens (tertiary/aromatic N) is 2. The molecular weight excluding hydrogens is 276 g/mol. The Bertz CT molecular complexity index is 441. The van der Waals surface area contributed by atoms with Gasteiger partial charge in [0.25, 0.3) is 0 Å². The topological polar surface area (TPSA) is 32.8 Å². The van der Waals surface area contributed by atoms with Crippen LogP contribution in [-0.4, -0.2) is 52.7 Å². The van der Waals surface area contributed by atoms with Gasteiger partial charge in [-0.1, -0.05) is 19.1 Å². The van der Waals surface area contributed by atoms with E-state index < -0.39 is 5.60 Å². The Hall–Kier alpha value is -1.29. The van der Waals surface area contributed by atoms with E-state index in [1.165, 1.54) is 0 Å². The fourth-order valence-corrected chi connectivity index (χ4v) is 3.85. The zero-order valence-electron chi connectivity index (χ0n) is 14.4. The molecule has 0 N–H and O–H groups in total. The number of carbonyl (C=O) groups is 1. The average Bonchev–Trinajstić information content (AvgIpc) is 2.72. The summed E-state index contributed by atoms with van der Waals surface area (Å²) < 4.78 is 5.64. The van der Waals surface area contributed by atoms with Gasteiger partial charge >= 0.3 is 6.09 Å². The second-order valence-corrected chi connectivity index (χ2v) is 7.51. The summed E-state index contributed by atoms with van der Waals surface area (Å²) in [7, 11) is 0. The van der Waals surface area contributed by atoms with E-state index in [1.807, 2.05) is 37.8 Å². The predicted molar refractivity (Wildman–Crippen MR) is 89.8 cm³/mol. The summed E-state index contributed by atoms with van der Waals surface area (Å²) in [6.07, 6.45) is 5.87. The van der Waals surface area contributed by atoms with Crippen molar-refractivity contribution >= 4 is 6.09 Å². The molecular formula is C18H30N2O2. The molecule has 22 heavy (non-hydrogen) atoms. The molecule has 0 spiro atoms. The van der Waals surface area contributed by atoms with E-state index in [4.69, 9.17) is 4.74 Å². The third-order valence-electron chi connectivity index (χ3n) is 4.69. The SMILES string of the molecule is C=CCN1C[C@H]2CC[C@@H]([C@@H]1[C@@H](C)C=C)N2C(=O)OC(C)(C)C. The first-order chi connectivity index (χ1) is 10.3. The summed E-state index contributed by atoms with van der Waals surface area (Å²) in [5.41, 5.74) is -0.450. The maximum atomic E-state index is 12.6. The molecule has 4 atom stereocenters. The van der Waals surface area contributed by atoms with Crippen LogP contribution < -0.4 is 0 Å². The second-order valence-electron chi connectivity index (χ2n) is 7.51. The molecule has 4 heteroatoms. The molecule has 2 bridgehead atoms. The van der Waals surface area contributed by atoms with E-state index in [2.05, 4.69) is 25.0 Å². The lowest BCUT2D eigenvalue weighted by Crippen LogP contribution is -2.63. The van der Waals surface area contributed by atoms with Gasteiger partial charge in [-0.3, -0.25) is 9.80 Å². The molecule has 0 saturated carbocycles. The molecule has 4 nitrogen and oxygen atoms in total. The quantitative estimate of drug-likeness (QED) is 0.746. The van der Waals surface area contributed by atoms with Gasteiger partial charge in [-0.2, -0.15) is 0 Å². The number of amides is 1. The molecule has 2 aliphatic heterocycles. The predicted octanol–water partition coefficient (Wildman–Crippen LogP) is 3.45. The number of fused-ring (bicyclic) bond motifs is 2. The molecule has 0 aliphatic carbocycles. The molecule has 124 valence electrons. The first kappa shape index (κ1) is 17.1. The molecule has 0 aromatic heterocycles. The first-order valence-electron chi connectivity index (χ1n) is 8.27. The van der Waals surface area contributed by atoms with E-state index in [0.717, 1.165) is 25.9 Å². The molecule has 0 radical (unpaired) electrons. The van der Waals surface area contributed by atoms with Crippen LogP contribution >= 0.6 is 0 Å². The van der Waals surface area contributed by atoms with Gasteiger partial charge in [0.15, 0.2) is 0 Å². The van der Waals surface area contributed by atoms with Crippen molar-refractivity contribution in [1.82, 2.24) is 9.80 Å². The van der Waals surface area contributed by atoms with Crippen LogP contribution in [0.15, 0.2) is 25.3 Å². The summed E-state index contributed by atoms with van der Waals surface area (Å²) in [5.74, 6) is 0.328. The maximum absolute atomic E-state index is 12.6. The Labute approximate surface area is 134 Å². The van der Waals surface area contributed by atoms with E-state index >= 15 is 0 Å². The summed E-state index contributed by atoms with van der Waals surface area (Å²) >= 11 is 0. The number of ether oxygens (including phenoxy) is 1. The Balaban J connectivity index is 2.23. The zero-order chi connectivity index (χ0) is 16.5. The average molecular weight is 306 g/mol. The summed E-state index contributed by atoms with van der Waals surface area (Å²) in [6.45, 7) is 17.5. The lowest BCUT2D eigenvalue weighted by molar-refractivity contribution is -0.0259. The maximum Gasteiger partial charge on any atom is 0.410 e. The van der Waals surface area contributed by atoms with E-state index in [0.29, 0.717) is 12.0 Å². The molecule has 2 saturated heterocycles. The fourth-order valence-electron chi connectivity index (χ4n) is 3.85. The number of hydrogen-bond donors (Lipinski definition) is 0. The Morgan fingerprint density at radius 1 is 1.36 bits per heavy atom. The van der Waals surface area contributed by atoms with Crippen LogP contribution in [0.25, 0.3) is 0 Å². The minimum atomic E-state index is -0.450. The van der Waals surface area contributed by atoms with Crippen LogP contribution in [0, 0.1) is 5.92 Å². The highest BCUT2D eigenvalue weighted by Crippen LogP contribution is 2.38. The third-order valence-corrected chi connectivity index (χ3v) is 4.69. The molecule has 0 aromatic carbocycles. The van der Waals surface area contributed by atoms with Crippen molar-refractivity contribution in [3.05, 3.63) is 25.3 Å². The van der Waals surface area contributed by atoms with E-state index in [1.54, 1.807) is 0 Å². The summed E-state index contributed by atoms with van der Waals surface area (Å²) in [4.78, 5) is 17.1. The van der Waals surface area contributed by atoms with Crippen molar-refractivity contribution in [3.8, 4) is 0 Å². The zero-order valence-corrected chi connectivity index (χ0v) is 14.4. The van der Waals surface area contributed by atoms with Gasteiger partial charge in [0.05, 0.1) is 6.04 Å². The van der Waals surface area contributed by atoms with E-state index in [9.17, 15) is 4.79 Å². The van der Waals surface area contributed by atoms with Crippen molar-refractivity contribution < 1.29 is 9.53 Å². The molecule has 2 rings (SSSR count). The largest absolute Gasteiger partial charge is 0.444 e. The van der Waals surface area contributed by atoms with Gasteiger partial charge < -0.3 is 4.74 Å². The lowest BCUT2D eigenvalue weighted by Gasteiger charge is -2.48. The molecule has 2 aliphatic rings. The number of hydrogen-bond acceptors (Lipinski definition) is 3. The molecule has 0 unspecified atom stereocenters. The first-order valence-corrected chi connectivity index (χ1v) is 8.27. The van der Waals surface area contributed by atoms with Crippen molar-refractivity contribution in [2.45, 2.75) is 64.3 Å². The summed E-state index contributed by atoms with van der Waals surface area (Å²) in [6, 6.07) is 0.761. The van der Waals surface area contributed by atoms with Gasteiger partial charge in [0.2, 0.25) is 0 Å². The van der Waals surface area contributed by atoms with Gasteiger partial charge in [-0.05, 0) is 39.5 Å². The van der Waals surface area contributed by atoms with Crippen molar-refractivity contribution in [2.75, 3.05) is 13.1 Å². The Morgan fingerprint density at radius 2 is 2.05 bits per heavy atom. The third kappa shape index (κ3) is 3.37. The van der Waals surface area contributed by atoms with Gasteiger partial charge in [-0.15, -0.1) is 13.2 Å².